The van der Waals surface area contributed by atoms with Crippen LogP contribution in [0.25, 0.3) is 0 Å². The van der Waals surface area contributed by atoms with Crippen molar-refractivity contribution in [2.75, 3.05) is 6.61 Å². The Morgan fingerprint density at radius 3 is 2.94 bits per heavy atom. The number of carbonyl (C=O) groups is 2. The highest BCUT2D eigenvalue weighted by Crippen LogP contribution is 2.25. The lowest BCUT2D eigenvalue weighted by Gasteiger charge is -2.11. The molecule has 0 N–H and O–H groups in total. The number of esters is 1. The van der Waals surface area contributed by atoms with Crippen molar-refractivity contribution >= 4 is 11.8 Å². The van der Waals surface area contributed by atoms with Crippen LogP contribution < -0.4 is 0 Å². The highest BCUT2D eigenvalue weighted by atomic mass is 16.5. The smallest absolute Gasteiger partial charge is 0.316 e. The van der Waals surface area contributed by atoms with E-state index in [1.165, 1.54) is 0 Å². The average molecular weight is 232 g/mol. The molecular weight excluding hydrogens is 216 g/mol. The molecule has 0 radical (unpaired) electrons. The predicted molar refractivity (Wildman–Crippen MR) is 63.8 cm³/mol. The molecule has 90 valence electrons. The maximum absolute atomic E-state index is 12.3. The Kier molecular flexibility index (Phi) is 3.57. The van der Waals surface area contributed by atoms with Crippen LogP contribution in [0.1, 0.15) is 35.7 Å². The van der Waals surface area contributed by atoms with Crippen LogP contribution in [0.3, 0.4) is 0 Å². The van der Waals surface area contributed by atoms with Gasteiger partial charge in [0.05, 0.1) is 6.61 Å². The van der Waals surface area contributed by atoms with Gasteiger partial charge in [0.2, 0.25) is 0 Å². The third-order valence-corrected chi connectivity index (χ3v) is 3.11. The van der Waals surface area contributed by atoms with Gasteiger partial charge in [0.25, 0.3) is 0 Å². The van der Waals surface area contributed by atoms with E-state index in [4.69, 9.17) is 4.74 Å². The molecule has 0 heterocycles. The number of Topliss-reactive ketones (excluding diaryl/α,β-unsaturated/α-hetero) is 1. The number of rotatable bonds is 2. The third kappa shape index (κ3) is 2.38. The molecule has 1 atom stereocenters. The molecule has 1 aromatic rings. The van der Waals surface area contributed by atoms with Crippen LogP contribution in [-0.2, 0) is 16.0 Å². The van der Waals surface area contributed by atoms with E-state index in [2.05, 4.69) is 0 Å². The minimum Gasteiger partial charge on any atom is -0.465 e. The lowest BCUT2D eigenvalue weighted by molar-refractivity contribution is -0.146. The Hall–Kier alpha value is -1.64. The zero-order valence-corrected chi connectivity index (χ0v) is 9.94. The SMILES string of the molecule is CCOC(=O)[C@@H]1CCCc2ccccc2C1=O. The monoisotopic (exact) mass is 232 g/mol. The molecular formula is C14H16O3. The second kappa shape index (κ2) is 5.13. The molecule has 0 unspecified atom stereocenters. The number of ketones is 1. The van der Waals surface area contributed by atoms with Crippen molar-refractivity contribution in [2.45, 2.75) is 26.2 Å². The Morgan fingerprint density at radius 1 is 1.41 bits per heavy atom. The van der Waals surface area contributed by atoms with Gasteiger partial charge in [-0.3, -0.25) is 9.59 Å². The van der Waals surface area contributed by atoms with E-state index in [1.807, 2.05) is 18.2 Å². The summed E-state index contributed by atoms with van der Waals surface area (Å²) in [6.07, 6.45) is 2.30. The van der Waals surface area contributed by atoms with Crippen LogP contribution in [0.4, 0.5) is 0 Å². The summed E-state index contributed by atoms with van der Waals surface area (Å²) in [5.41, 5.74) is 1.73. The number of aryl methyl sites for hydroxylation is 1. The van der Waals surface area contributed by atoms with Gasteiger partial charge in [0.15, 0.2) is 5.78 Å². The van der Waals surface area contributed by atoms with Gasteiger partial charge in [-0.05, 0) is 31.7 Å². The molecule has 1 aliphatic rings. The number of ether oxygens (including phenoxy) is 1. The van der Waals surface area contributed by atoms with E-state index >= 15 is 0 Å². The maximum atomic E-state index is 12.3. The Morgan fingerprint density at radius 2 is 2.18 bits per heavy atom. The van der Waals surface area contributed by atoms with Crippen LogP contribution in [0.15, 0.2) is 24.3 Å². The number of carbonyl (C=O) groups excluding carboxylic acids is 2. The van der Waals surface area contributed by atoms with Gasteiger partial charge in [-0.1, -0.05) is 24.3 Å². The van der Waals surface area contributed by atoms with Crippen molar-refractivity contribution in [3.8, 4) is 0 Å². The fourth-order valence-electron chi connectivity index (χ4n) is 2.26. The first kappa shape index (κ1) is 11.8. The van der Waals surface area contributed by atoms with Gasteiger partial charge < -0.3 is 4.74 Å². The summed E-state index contributed by atoms with van der Waals surface area (Å²) >= 11 is 0. The highest BCUT2D eigenvalue weighted by molar-refractivity contribution is 6.09. The van der Waals surface area contributed by atoms with E-state index in [0.717, 1.165) is 18.4 Å². The van der Waals surface area contributed by atoms with Crippen molar-refractivity contribution in [2.24, 2.45) is 5.92 Å². The normalized spacial score (nSPS) is 19.4. The summed E-state index contributed by atoms with van der Waals surface area (Å²) in [4.78, 5) is 24.0. The summed E-state index contributed by atoms with van der Waals surface area (Å²) in [5.74, 6) is -1.08. The predicted octanol–water partition coefficient (Wildman–Crippen LogP) is 2.38. The van der Waals surface area contributed by atoms with Crippen LogP contribution in [0.2, 0.25) is 0 Å². The zero-order chi connectivity index (χ0) is 12.3. The van der Waals surface area contributed by atoms with Crippen molar-refractivity contribution < 1.29 is 14.3 Å². The van der Waals surface area contributed by atoms with Gasteiger partial charge in [-0.15, -0.1) is 0 Å². The molecule has 0 amide bonds. The first-order valence-electron chi connectivity index (χ1n) is 6.02. The minimum atomic E-state index is -0.612. The molecule has 17 heavy (non-hydrogen) atoms. The number of hydrogen-bond donors (Lipinski definition) is 0. The summed E-state index contributed by atoms with van der Waals surface area (Å²) in [7, 11) is 0. The lowest BCUT2D eigenvalue weighted by Crippen LogP contribution is -2.25. The Bertz CT molecular complexity index is 437. The van der Waals surface area contributed by atoms with Gasteiger partial charge >= 0.3 is 5.97 Å². The molecule has 0 spiro atoms. The number of hydrogen-bond acceptors (Lipinski definition) is 3. The lowest BCUT2D eigenvalue weighted by atomic mass is 9.95. The summed E-state index contributed by atoms with van der Waals surface area (Å²) in [6, 6.07) is 7.52. The van der Waals surface area contributed by atoms with Gasteiger partial charge in [-0.25, -0.2) is 0 Å². The van der Waals surface area contributed by atoms with Crippen molar-refractivity contribution in [1.82, 2.24) is 0 Å². The molecule has 0 fully saturated rings. The molecule has 0 aliphatic heterocycles. The van der Waals surface area contributed by atoms with Crippen LogP contribution in [-0.4, -0.2) is 18.4 Å². The van der Waals surface area contributed by atoms with E-state index in [9.17, 15) is 9.59 Å². The molecule has 1 aliphatic carbocycles. The molecule has 1 aromatic carbocycles. The highest BCUT2D eigenvalue weighted by Gasteiger charge is 2.31. The average Bonchev–Trinajstić information content (AvgIpc) is 2.50. The fourth-order valence-corrected chi connectivity index (χ4v) is 2.26. The molecule has 0 saturated carbocycles. The summed E-state index contributed by atoms with van der Waals surface area (Å²) in [5, 5.41) is 0. The van der Waals surface area contributed by atoms with Gasteiger partial charge in [0.1, 0.15) is 5.92 Å². The largest absolute Gasteiger partial charge is 0.465 e. The first-order valence-corrected chi connectivity index (χ1v) is 6.02. The third-order valence-electron chi connectivity index (χ3n) is 3.11. The molecule has 0 aromatic heterocycles. The molecule has 0 saturated heterocycles. The fraction of sp³-hybridized carbons (Fsp3) is 0.429. The Labute approximate surface area is 101 Å². The quantitative estimate of drug-likeness (QED) is 0.446. The van der Waals surface area contributed by atoms with Crippen molar-refractivity contribution in [3.63, 3.8) is 0 Å². The molecule has 3 nitrogen and oxygen atoms in total. The van der Waals surface area contributed by atoms with Crippen LogP contribution >= 0.6 is 0 Å². The van der Waals surface area contributed by atoms with E-state index in [1.54, 1.807) is 13.0 Å². The summed E-state index contributed by atoms with van der Waals surface area (Å²) < 4.78 is 4.96. The van der Waals surface area contributed by atoms with Crippen molar-refractivity contribution in [3.05, 3.63) is 35.4 Å². The van der Waals surface area contributed by atoms with Crippen LogP contribution in [0, 0.1) is 5.92 Å². The van der Waals surface area contributed by atoms with Gasteiger partial charge in [0, 0.05) is 5.56 Å². The second-order valence-corrected chi connectivity index (χ2v) is 4.22. The molecule has 0 bridgehead atoms. The zero-order valence-electron chi connectivity index (χ0n) is 9.94. The van der Waals surface area contributed by atoms with E-state index < -0.39 is 5.92 Å². The van der Waals surface area contributed by atoms with Gasteiger partial charge in [-0.2, -0.15) is 0 Å². The number of fused-ring (bicyclic) bond motifs is 1. The Balaban J connectivity index is 2.29. The molecule has 2 rings (SSSR count). The number of benzene rings is 1. The first-order chi connectivity index (χ1) is 8.24. The molecule has 3 heteroatoms. The maximum Gasteiger partial charge on any atom is 0.316 e. The van der Waals surface area contributed by atoms with Crippen molar-refractivity contribution in [1.29, 1.82) is 0 Å². The van der Waals surface area contributed by atoms with E-state index in [0.29, 0.717) is 18.6 Å². The second-order valence-electron chi connectivity index (χ2n) is 4.22. The van der Waals surface area contributed by atoms with E-state index in [-0.39, 0.29) is 11.8 Å². The van der Waals surface area contributed by atoms with Crippen LogP contribution in [0.5, 0.6) is 0 Å². The minimum absolute atomic E-state index is 0.0865. The summed E-state index contributed by atoms with van der Waals surface area (Å²) in [6.45, 7) is 2.08. The standard InChI is InChI=1S/C14H16O3/c1-2-17-14(16)12-9-5-7-10-6-3-4-8-11(10)13(12)15/h3-4,6,8,12H,2,5,7,9H2,1H3/t12-/m1/s1. The topological polar surface area (TPSA) is 43.4 Å².